The minimum Gasteiger partial charge on any atom is -0.289 e. The normalized spacial score (nSPS) is 12.4. The Morgan fingerprint density at radius 1 is 1.00 bits per heavy atom. The highest BCUT2D eigenvalue weighted by Crippen LogP contribution is 2.25. The number of rotatable bonds is 9. The zero-order valence-electron chi connectivity index (χ0n) is 12.0. The van der Waals surface area contributed by atoms with Crippen molar-refractivity contribution in [1.29, 1.82) is 0 Å². The highest BCUT2D eigenvalue weighted by atomic mass is 15.2. The molecule has 1 rings (SSSR count). The van der Waals surface area contributed by atoms with E-state index in [0.717, 1.165) is 19.4 Å². The second-order valence-corrected chi connectivity index (χ2v) is 4.77. The van der Waals surface area contributed by atoms with Gasteiger partial charge in [-0.25, -0.2) is 0 Å². The van der Waals surface area contributed by atoms with Crippen LogP contribution in [0.1, 0.15) is 31.4 Å². The molecule has 0 fully saturated rings. The summed E-state index contributed by atoms with van der Waals surface area (Å²) in [4.78, 5) is 2.46. The third-order valence-electron chi connectivity index (χ3n) is 3.47. The van der Waals surface area contributed by atoms with E-state index in [1.807, 2.05) is 18.2 Å². The van der Waals surface area contributed by atoms with Gasteiger partial charge in [0.1, 0.15) is 0 Å². The predicted molar refractivity (Wildman–Crippen MR) is 85.2 cm³/mol. The summed E-state index contributed by atoms with van der Waals surface area (Å²) in [5.74, 6) is 0. The maximum Gasteiger partial charge on any atom is 0.0326 e. The summed E-state index contributed by atoms with van der Waals surface area (Å²) in [6.07, 6.45) is 7.89. The van der Waals surface area contributed by atoms with Crippen LogP contribution in [0.3, 0.4) is 0 Å². The number of hydrogen-bond donors (Lipinski definition) is 0. The van der Waals surface area contributed by atoms with E-state index in [9.17, 15) is 0 Å². The van der Waals surface area contributed by atoms with Gasteiger partial charge >= 0.3 is 0 Å². The molecule has 0 spiro atoms. The number of hydrogen-bond acceptors (Lipinski definition) is 1. The van der Waals surface area contributed by atoms with Crippen molar-refractivity contribution in [2.24, 2.45) is 0 Å². The fourth-order valence-electron chi connectivity index (χ4n) is 2.45. The first-order valence-corrected chi connectivity index (χ1v) is 6.88. The quantitative estimate of drug-likeness (QED) is 0.575. The molecule has 1 heteroatoms. The largest absolute Gasteiger partial charge is 0.289 e. The third-order valence-corrected chi connectivity index (χ3v) is 3.47. The molecule has 0 radical (unpaired) electrons. The number of nitrogens with zero attached hydrogens (tertiary/aromatic N) is 1. The average Bonchev–Trinajstić information content (AvgIpc) is 2.45. The lowest BCUT2D eigenvalue weighted by molar-refractivity contribution is 0.163. The van der Waals surface area contributed by atoms with Crippen LogP contribution < -0.4 is 0 Å². The molecular formula is C18H25N. The monoisotopic (exact) mass is 255 g/mol. The molecule has 1 atom stereocenters. The molecule has 19 heavy (non-hydrogen) atoms. The molecule has 0 saturated heterocycles. The van der Waals surface area contributed by atoms with Gasteiger partial charge in [-0.3, -0.25) is 4.90 Å². The number of benzene rings is 1. The predicted octanol–water partition coefficient (Wildman–Crippen LogP) is 4.76. The maximum atomic E-state index is 3.89. The molecule has 0 N–H and O–H groups in total. The SMILES string of the molecule is C=CCC(CC=C)N(CC=C)[C@H](C)c1ccccc1. The van der Waals surface area contributed by atoms with Crippen LogP contribution in [0.5, 0.6) is 0 Å². The summed E-state index contributed by atoms with van der Waals surface area (Å²) in [5.41, 5.74) is 1.34. The lowest BCUT2D eigenvalue weighted by Gasteiger charge is -2.35. The second-order valence-electron chi connectivity index (χ2n) is 4.77. The van der Waals surface area contributed by atoms with Gasteiger partial charge in [0.05, 0.1) is 0 Å². The molecule has 1 aromatic rings. The van der Waals surface area contributed by atoms with Gasteiger partial charge in [0.15, 0.2) is 0 Å². The lowest BCUT2D eigenvalue weighted by atomic mass is 10.0. The zero-order chi connectivity index (χ0) is 14.1. The standard InChI is InChI=1S/C18H25N/c1-5-11-18(12-6-2)19(15-7-3)16(4)17-13-9-8-10-14-17/h5-10,13-14,16,18H,1-3,11-12,15H2,4H3/t16-/m1/s1. The van der Waals surface area contributed by atoms with E-state index in [1.165, 1.54) is 5.56 Å². The average molecular weight is 255 g/mol. The van der Waals surface area contributed by atoms with E-state index in [4.69, 9.17) is 0 Å². The Balaban J connectivity index is 2.93. The molecule has 0 aromatic heterocycles. The van der Waals surface area contributed by atoms with Gasteiger partial charge in [0, 0.05) is 18.6 Å². The Labute approximate surface area is 118 Å². The molecule has 0 saturated carbocycles. The molecule has 0 aliphatic heterocycles. The lowest BCUT2D eigenvalue weighted by Crippen LogP contribution is -2.37. The van der Waals surface area contributed by atoms with Crippen LogP contribution in [0, 0.1) is 0 Å². The van der Waals surface area contributed by atoms with Crippen LogP contribution in [0.15, 0.2) is 68.3 Å². The molecule has 102 valence electrons. The van der Waals surface area contributed by atoms with E-state index in [-0.39, 0.29) is 0 Å². The van der Waals surface area contributed by atoms with Crippen LogP contribution in [-0.2, 0) is 0 Å². The molecule has 1 aromatic carbocycles. The summed E-state index contributed by atoms with van der Waals surface area (Å²) in [7, 11) is 0. The molecular weight excluding hydrogens is 230 g/mol. The topological polar surface area (TPSA) is 3.24 Å². The Morgan fingerprint density at radius 2 is 1.58 bits per heavy atom. The summed E-state index contributed by atoms with van der Waals surface area (Å²) in [6, 6.07) is 11.4. The van der Waals surface area contributed by atoms with E-state index < -0.39 is 0 Å². The Bertz CT molecular complexity index is 383. The van der Waals surface area contributed by atoms with Crippen LogP contribution in [-0.4, -0.2) is 17.5 Å². The van der Waals surface area contributed by atoms with Crippen molar-refractivity contribution in [3.63, 3.8) is 0 Å². The molecule has 0 unspecified atom stereocenters. The van der Waals surface area contributed by atoms with Gasteiger partial charge in [-0.2, -0.15) is 0 Å². The van der Waals surface area contributed by atoms with Gasteiger partial charge < -0.3 is 0 Å². The van der Waals surface area contributed by atoms with Crippen LogP contribution in [0.4, 0.5) is 0 Å². The molecule has 1 nitrogen and oxygen atoms in total. The maximum absolute atomic E-state index is 3.89. The van der Waals surface area contributed by atoms with Crippen LogP contribution in [0.25, 0.3) is 0 Å². The van der Waals surface area contributed by atoms with Crippen molar-refractivity contribution in [2.75, 3.05) is 6.54 Å². The van der Waals surface area contributed by atoms with Gasteiger partial charge in [0.2, 0.25) is 0 Å². The summed E-state index contributed by atoms with van der Waals surface area (Å²) < 4.78 is 0. The van der Waals surface area contributed by atoms with Crippen molar-refractivity contribution >= 4 is 0 Å². The fourth-order valence-corrected chi connectivity index (χ4v) is 2.45. The molecule has 0 aliphatic carbocycles. The van der Waals surface area contributed by atoms with Gasteiger partial charge in [-0.1, -0.05) is 48.6 Å². The van der Waals surface area contributed by atoms with Gasteiger partial charge in [0.25, 0.3) is 0 Å². The minimum absolute atomic E-state index is 0.365. The van der Waals surface area contributed by atoms with E-state index in [2.05, 4.69) is 61.9 Å². The Hall–Kier alpha value is -1.60. The van der Waals surface area contributed by atoms with E-state index in [0.29, 0.717) is 12.1 Å². The molecule has 0 amide bonds. The fraction of sp³-hybridized carbons (Fsp3) is 0.333. The van der Waals surface area contributed by atoms with E-state index >= 15 is 0 Å². The van der Waals surface area contributed by atoms with Crippen molar-refractivity contribution in [1.82, 2.24) is 4.90 Å². The van der Waals surface area contributed by atoms with Crippen molar-refractivity contribution < 1.29 is 0 Å². The summed E-state index contributed by atoms with van der Waals surface area (Å²) >= 11 is 0. The first-order valence-electron chi connectivity index (χ1n) is 6.88. The highest BCUT2D eigenvalue weighted by Gasteiger charge is 2.21. The molecule has 0 aliphatic rings. The minimum atomic E-state index is 0.365. The Morgan fingerprint density at radius 3 is 2.05 bits per heavy atom. The zero-order valence-corrected chi connectivity index (χ0v) is 12.0. The van der Waals surface area contributed by atoms with E-state index in [1.54, 1.807) is 0 Å². The first kappa shape index (κ1) is 15.5. The first-order chi connectivity index (χ1) is 9.24. The van der Waals surface area contributed by atoms with Crippen LogP contribution in [0.2, 0.25) is 0 Å². The summed E-state index contributed by atoms with van der Waals surface area (Å²) in [5, 5.41) is 0. The molecule has 0 heterocycles. The smallest absolute Gasteiger partial charge is 0.0326 e. The van der Waals surface area contributed by atoms with Crippen molar-refractivity contribution in [2.45, 2.75) is 31.8 Å². The summed E-state index contributed by atoms with van der Waals surface area (Å²) in [6.45, 7) is 14.8. The molecule has 0 bridgehead atoms. The van der Waals surface area contributed by atoms with Crippen molar-refractivity contribution in [3.05, 3.63) is 73.9 Å². The third kappa shape index (κ3) is 4.53. The van der Waals surface area contributed by atoms with Gasteiger partial charge in [-0.05, 0) is 25.3 Å². The second kappa shape index (κ2) is 8.49. The van der Waals surface area contributed by atoms with Gasteiger partial charge in [-0.15, -0.1) is 19.7 Å². The van der Waals surface area contributed by atoms with Crippen molar-refractivity contribution in [3.8, 4) is 0 Å². The van der Waals surface area contributed by atoms with Crippen LogP contribution >= 0.6 is 0 Å². The Kier molecular flexibility index (Phi) is 6.91. The highest BCUT2D eigenvalue weighted by molar-refractivity contribution is 5.19.